The Balaban J connectivity index is 1.08. The van der Waals surface area contributed by atoms with Gasteiger partial charge >= 0.3 is 6.03 Å². The van der Waals surface area contributed by atoms with Gasteiger partial charge in [-0.05, 0) is 151 Å². The summed E-state index contributed by atoms with van der Waals surface area (Å²) in [7, 11) is 0. The molecule has 0 saturated heterocycles. The van der Waals surface area contributed by atoms with Gasteiger partial charge in [0, 0.05) is 40.3 Å². The van der Waals surface area contributed by atoms with Gasteiger partial charge in [-0.3, -0.25) is 4.79 Å². The Hall–Kier alpha value is -1.66. The van der Waals surface area contributed by atoms with Gasteiger partial charge in [0.05, 0.1) is 18.2 Å². The summed E-state index contributed by atoms with van der Waals surface area (Å²) < 4.78 is 0. The van der Waals surface area contributed by atoms with Gasteiger partial charge in [-0.25, -0.2) is 4.79 Å². The molecule has 2 spiro atoms. The first-order valence-electron chi connectivity index (χ1n) is 21.2. The summed E-state index contributed by atoms with van der Waals surface area (Å²) >= 11 is 0. The first-order valence-corrected chi connectivity index (χ1v) is 21.2. The lowest BCUT2D eigenvalue weighted by molar-refractivity contribution is -0.179. The number of carbonyl (C=O) groups excluding carboxylic acids is 2. The van der Waals surface area contributed by atoms with Crippen LogP contribution in [0.25, 0.3) is 0 Å². The largest absolute Gasteiger partial charge is 0.393 e. The van der Waals surface area contributed by atoms with Crippen LogP contribution in [0.3, 0.4) is 0 Å². The molecule has 0 heterocycles. The highest BCUT2D eigenvalue weighted by molar-refractivity contribution is 6.00. The van der Waals surface area contributed by atoms with Gasteiger partial charge in [-0.15, -0.1) is 0 Å². The van der Waals surface area contributed by atoms with E-state index < -0.39 is 16.4 Å². The molecule has 11 aliphatic carbocycles. The number of fused-ring (bicyclic) bond motifs is 1. The molecule has 0 radical (unpaired) electrons. The summed E-state index contributed by atoms with van der Waals surface area (Å²) in [4.78, 5) is 31.2. The molecule has 0 aliphatic heterocycles. The standard InChI is InChI=1S/C44H66N2O4/c1-28(2)45-38(49)46(26-41-21-29-18-30(22-41)20-31(19-29)23-41)27-43(50)15-12-36-40(43,4)14-11-35-39(3)13-10-33(47)24-42(39)16-17-44(35,36)34(25-42)37(48)32-8-6-5-7-9-32/h16-17,25,28-33,35-36,47,50H,5-15,18-24,26-27H2,1-4H3,(H,45,49)/t29?,30?,31?,33?,35-,36-,39-,40+,41?,42+,43-,44-/m1/s1. The van der Waals surface area contributed by atoms with Gasteiger partial charge in [0.1, 0.15) is 0 Å². The maximum absolute atomic E-state index is 14.9. The van der Waals surface area contributed by atoms with Crippen LogP contribution in [0.5, 0.6) is 0 Å². The highest BCUT2D eigenvalue weighted by Crippen LogP contribution is 2.78. The predicted octanol–water partition coefficient (Wildman–Crippen LogP) is 8.36. The van der Waals surface area contributed by atoms with Gasteiger partial charge in [0.25, 0.3) is 0 Å². The Labute approximate surface area is 301 Å². The fourth-order valence-corrected chi connectivity index (χ4v) is 15.9. The van der Waals surface area contributed by atoms with Crippen molar-refractivity contribution in [3.8, 4) is 0 Å². The summed E-state index contributed by atoms with van der Waals surface area (Å²) in [5.41, 5.74) is -0.877. The van der Waals surface area contributed by atoms with Gasteiger partial charge in [0.15, 0.2) is 5.78 Å². The molecular weight excluding hydrogens is 620 g/mol. The van der Waals surface area contributed by atoms with Crippen LogP contribution in [0.15, 0.2) is 23.8 Å². The van der Waals surface area contributed by atoms with Crippen LogP contribution < -0.4 is 5.32 Å². The fraction of sp³-hybridized carbons (Fsp3) is 0.864. The maximum Gasteiger partial charge on any atom is 0.317 e. The van der Waals surface area contributed by atoms with Gasteiger partial charge in [-0.2, -0.15) is 0 Å². The lowest BCUT2D eigenvalue weighted by Gasteiger charge is -2.71. The van der Waals surface area contributed by atoms with Gasteiger partial charge in [0.2, 0.25) is 0 Å². The van der Waals surface area contributed by atoms with Crippen LogP contribution in [0, 0.1) is 62.6 Å². The summed E-state index contributed by atoms with van der Waals surface area (Å²) in [5, 5.41) is 27.6. The van der Waals surface area contributed by atoms with Crippen LogP contribution in [0.2, 0.25) is 0 Å². The molecule has 11 rings (SSSR count). The van der Waals surface area contributed by atoms with E-state index in [1.54, 1.807) is 0 Å². The number of nitrogens with zero attached hydrogens (tertiary/aromatic N) is 1. The molecular formula is C44H66N2O4. The minimum absolute atomic E-state index is 0.00980. The number of hydrogen-bond acceptors (Lipinski definition) is 4. The maximum atomic E-state index is 14.9. The number of allylic oxidation sites excluding steroid dienone is 4. The third kappa shape index (κ3) is 4.70. The van der Waals surface area contributed by atoms with E-state index in [0.29, 0.717) is 31.1 Å². The average Bonchev–Trinajstić information content (AvgIpc) is 3.33. The Morgan fingerprint density at radius 2 is 1.44 bits per heavy atom. The lowest BCUT2D eigenvalue weighted by Crippen LogP contribution is -2.68. The second-order valence-corrected chi connectivity index (χ2v) is 20.9. The van der Waals surface area contributed by atoms with Gasteiger partial charge in [-0.1, -0.05) is 51.3 Å². The van der Waals surface area contributed by atoms with E-state index in [9.17, 15) is 19.8 Å². The number of amides is 2. The Kier molecular flexibility index (Phi) is 7.80. The van der Waals surface area contributed by atoms with Crippen molar-refractivity contribution in [3.05, 3.63) is 23.8 Å². The van der Waals surface area contributed by atoms with Crippen LogP contribution in [-0.4, -0.2) is 57.8 Å². The topological polar surface area (TPSA) is 89.9 Å². The molecule has 50 heavy (non-hydrogen) atoms. The number of rotatable bonds is 7. The Bertz CT molecular complexity index is 1440. The van der Waals surface area contributed by atoms with Crippen molar-refractivity contribution in [1.29, 1.82) is 0 Å². The number of hydrogen-bond donors (Lipinski definition) is 3. The number of nitrogens with one attached hydrogen (secondary N) is 1. The normalized spacial score (nSPS) is 50.1. The van der Waals surface area contributed by atoms with Crippen molar-refractivity contribution in [2.45, 2.75) is 161 Å². The van der Waals surface area contributed by atoms with E-state index in [2.05, 4.69) is 42.3 Å². The van der Waals surface area contributed by atoms with Crippen LogP contribution in [0.1, 0.15) is 143 Å². The summed E-state index contributed by atoms with van der Waals surface area (Å²) in [5.74, 6) is 3.38. The molecule has 2 amide bonds. The minimum atomic E-state index is -1.02. The Morgan fingerprint density at radius 1 is 0.820 bits per heavy atom. The molecule has 8 atom stereocenters. The van der Waals surface area contributed by atoms with E-state index >= 15 is 0 Å². The zero-order valence-corrected chi connectivity index (χ0v) is 31.7. The molecule has 6 nitrogen and oxygen atoms in total. The summed E-state index contributed by atoms with van der Waals surface area (Å²) in [6.07, 6.45) is 26.3. The van der Waals surface area contributed by atoms with Crippen molar-refractivity contribution in [1.82, 2.24) is 10.2 Å². The van der Waals surface area contributed by atoms with Crippen molar-refractivity contribution in [2.75, 3.05) is 13.1 Å². The number of aliphatic hydroxyl groups is 2. The zero-order valence-electron chi connectivity index (χ0n) is 31.7. The fourth-order valence-electron chi connectivity index (χ4n) is 15.9. The number of urea groups is 1. The number of ketones is 1. The van der Waals surface area contributed by atoms with Crippen LogP contribution >= 0.6 is 0 Å². The summed E-state index contributed by atoms with van der Waals surface area (Å²) in [6.45, 7) is 10.1. The smallest absolute Gasteiger partial charge is 0.317 e. The third-order valence-electron chi connectivity index (χ3n) is 17.8. The average molecular weight is 687 g/mol. The van der Waals surface area contributed by atoms with Crippen LogP contribution in [0.4, 0.5) is 4.79 Å². The molecule has 8 saturated carbocycles. The SMILES string of the molecule is CC(C)NC(=O)N(CC12CC3CC(CC(C3)C1)C2)C[C@]1(O)CC[C@H]2[C@]34C=C[C@@]5(C=C3C(=O)C3CCCCC3)CC(O)CC[C@]5(C)[C@H]4CC[C@@]21C. The quantitative estimate of drug-likeness (QED) is 0.235. The molecule has 3 N–H and O–H groups in total. The van der Waals surface area contributed by atoms with Crippen molar-refractivity contribution in [3.63, 3.8) is 0 Å². The van der Waals surface area contributed by atoms with Gasteiger partial charge < -0.3 is 20.4 Å². The molecule has 11 aliphatic rings. The van der Waals surface area contributed by atoms with E-state index in [4.69, 9.17) is 0 Å². The van der Waals surface area contributed by atoms with Crippen molar-refractivity contribution >= 4 is 11.8 Å². The minimum Gasteiger partial charge on any atom is -0.393 e. The number of carbonyl (C=O) groups is 2. The van der Waals surface area contributed by atoms with E-state index in [1.165, 1.54) is 44.9 Å². The summed E-state index contributed by atoms with van der Waals surface area (Å²) in [6, 6.07) is 0.0322. The van der Waals surface area contributed by atoms with E-state index in [0.717, 1.165) is 87.7 Å². The van der Waals surface area contributed by atoms with E-state index in [-0.39, 0.29) is 46.3 Å². The monoisotopic (exact) mass is 687 g/mol. The van der Waals surface area contributed by atoms with E-state index in [1.807, 2.05) is 13.8 Å². The third-order valence-corrected chi connectivity index (χ3v) is 17.8. The van der Waals surface area contributed by atoms with Crippen LogP contribution in [-0.2, 0) is 4.79 Å². The molecule has 6 heteroatoms. The Morgan fingerprint density at radius 3 is 2.10 bits per heavy atom. The molecule has 0 aromatic heterocycles. The molecule has 276 valence electrons. The van der Waals surface area contributed by atoms with Crippen molar-refractivity contribution in [2.24, 2.45) is 62.6 Å². The molecule has 0 aromatic carbocycles. The molecule has 8 fully saturated rings. The zero-order chi connectivity index (χ0) is 34.9. The predicted molar refractivity (Wildman–Crippen MR) is 196 cm³/mol. The molecule has 0 aromatic rings. The highest BCUT2D eigenvalue weighted by Gasteiger charge is 2.75. The molecule has 1 unspecified atom stereocenters. The highest BCUT2D eigenvalue weighted by atomic mass is 16.3. The lowest BCUT2D eigenvalue weighted by atomic mass is 9.32. The first kappa shape index (κ1) is 34.1. The second kappa shape index (κ2) is 11.4. The number of aliphatic hydroxyl groups excluding tert-OH is 1. The number of Topliss-reactive ketones (excluding diaryl/α,β-unsaturated/α-hetero) is 1. The first-order chi connectivity index (χ1) is 23.7. The van der Waals surface area contributed by atoms with Crippen molar-refractivity contribution < 1.29 is 19.8 Å². The second-order valence-electron chi connectivity index (χ2n) is 20.9. The molecule has 6 bridgehead atoms.